The topological polar surface area (TPSA) is 59.6 Å². The third kappa shape index (κ3) is 3.17. The molecular weight excluding hydrogens is 296 g/mol. The van der Waals surface area contributed by atoms with Gasteiger partial charge in [-0.1, -0.05) is 35.4 Å². The predicted molar refractivity (Wildman–Crippen MR) is 87.8 cm³/mol. The largest absolute Gasteiger partial charge is 0.331 e. The summed E-state index contributed by atoms with van der Waals surface area (Å²) in [6.07, 6.45) is 0. The molecule has 0 N–H and O–H groups in total. The highest BCUT2D eigenvalue weighted by Crippen LogP contribution is 2.19. The van der Waals surface area contributed by atoms with Crippen molar-refractivity contribution in [2.45, 2.75) is 13.8 Å². The molecule has 3 aromatic rings. The summed E-state index contributed by atoms with van der Waals surface area (Å²) in [6, 6.07) is 15.3. The van der Waals surface area contributed by atoms with Gasteiger partial charge in [0.2, 0.25) is 0 Å². The molecule has 0 spiro atoms. The third-order valence-electron chi connectivity index (χ3n) is 3.10. The molecule has 0 radical (unpaired) electrons. The van der Waals surface area contributed by atoms with Crippen molar-refractivity contribution in [1.29, 1.82) is 0 Å². The summed E-state index contributed by atoms with van der Waals surface area (Å²) in [7, 11) is 0. The number of aromatic nitrogens is 2. The van der Waals surface area contributed by atoms with Gasteiger partial charge in [-0.2, -0.15) is 4.68 Å². The molecule has 0 saturated heterocycles. The lowest BCUT2D eigenvalue weighted by Crippen LogP contribution is -2.11. The molecule has 0 fully saturated rings. The van der Waals surface area contributed by atoms with Gasteiger partial charge in [-0.15, -0.1) is 15.3 Å². The second-order valence-electron chi connectivity index (χ2n) is 4.93. The summed E-state index contributed by atoms with van der Waals surface area (Å²) in [5.74, 6) is 0. The van der Waals surface area contributed by atoms with Crippen molar-refractivity contribution in [2.24, 2.45) is 10.2 Å². The monoisotopic (exact) mass is 310 g/mol. The summed E-state index contributed by atoms with van der Waals surface area (Å²) < 4.78 is 1.34. The Hall–Kier alpha value is -2.60. The highest BCUT2D eigenvalue weighted by molar-refractivity contribution is 7.12. The number of aryl methyl sites for hydroxylation is 2. The van der Waals surface area contributed by atoms with Crippen molar-refractivity contribution in [3.8, 4) is 5.69 Å². The van der Waals surface area contributed by atoms with Crippen molar-refractivity contribution in [3.63, 3.8) is 0 Å². The number of nitrogens with zero attached hydrogens (tertiary/aromatic N) is 4. The van der Waals surface area contributed by atoms with Crippen LogP contribution >= 0.6 is 11.3 Å². The van der Waals surface area contributed by atoms with Crippen molar-refractivity contribution in [3.05, 3.63) is 69.3 Å². The van der Waals surface area contributed by atoms with Gasteiger partial charge < -0.3 is 0 Å². The van der Waals surface area contributed by atoms with Crippen LogP contribution in [0.4, 0.5) is 10.8 Å². The molecule has 0 amide bonds. The SMILES string of the molecule is Cc1ccc(N=Nc2nn(-c3ccc(C)cc3)c(=O)s2)cc1. The smallest absolute Gasteiger partial charge is 0.255 e. The van der Waals surface area contributed by atoms with Crippen LogP contribution < -0.4 is 4.87 Å². The molecule has 0 aliphatic carbocycles. The number of azo groups is 1. The van der Waals surface area contributed by atoms with Gasteiger partial charge in [-0.3, -0.25) is 4.79 Å². The summed E-state index contributed by atoms with van der Waals surface area (Å²) in [4.78, 5) is 11.8. The minimum absolute atomic E-state index is 0.179. The molecule has 5 nitrogen and oxygen atoms in total. The number of benzene rings is 2. The highest BCUT2D eigenvalue weighted by Gasteiger charge is 2.07. The Bertz CT molecular complexity index is 860. The molecule has 0 bridgehead atoms. The lowest BCUT2D eigenvalue weighted by molar-refractivity contribution is 0.847. The maximum absolute atomic E-state index is 12.0. The zero-order valence-electron chi connectivity index (χ0n) is 12.2. The van der Waals surface area contributed by atoms with E-state index in [9.17, 15) is 4.79 Å². The van der Waals surface area contributed by atoms with E-state index < -0.39 is 0 Å². The van der Waals surface area contributed by atoms with Crippen molar-refractivity contribution < 1.29 is 0 Å². The van der Waals surface area contributed by atoms with Gasteiger partial charge in [-0.05, 0) is 49.4 Å². The fraction of sp³-hybridized carbons (Fsp3) is 0.125. The molecule has 1 aromatic heterocycles. The molecule has 22 heavy (non-hydrogen) atoms. The predicted octanol–water partition coefficient (Wildman–Crippen LogP) is 4.33. The Morgan fingerprint density at radius 2 is 1.50 bits per heavy atom. The van der Waals surface area contributed by atoms with E-state index in [1.54, 1.807) is 0 Å². The summed E-state index contributed by atoms with van der Waals surface area (Å²) in [5, 5.41) is 12.7. The minimum atomic E-state index is -0.179. The van der Waals surface area contributed by atoms with E-state index in [0.29, 0.717) is 5.13 Å². The Morgan fingerprint density at radius 3 is 2.14 bits per heavy atom. The number of hydrogen-bond donors (Lipinski definition) is 0. The van der Waals surface area contributed by atoms with Crippen LogP contribution in [0.15, 0.2) is 63.6 Å². The fourth-order valence-electron chi connectivity index (χ4n) is 1.87. The molecule has 0 aliphatic rings. The molecule has 6 heteroatoms. The van der Waals surface area contributed by atoms with Crippen LogP contribution in [0, 0.1) is 13.8 Å². The molecule has 0 unspecified atom stereocenters. The first-order chi connectivity index (χ1) is 10.6. The van der Waals surface area contributed by atoms with Gasteiger partial charge in [0.05, 0.1) is 11.4 Å². The normalized spacial score (nSPS) is 11.2. The molecule has 110 valence electrons. The van der Waals surface area contributed by atoms with E-state index >= 15 is 0 Å². The maximum atomic E-state index is 12.0. The van der Waals surface area contributed by atoms with Crippen LogP contribution in [-0.2, 0) is 0 Å². The van der Waals surface area contributed by atoms with Crippen LogP contribution in [0.1, 0.15) is 11.1 Å². The van der Waals surface area contributed by atoms with Gasteiger partial charge in [0, 0.05) is 0 Å². The minimum Gasteiger partial charge on any atom is -0.255 e. The quantitative estimate of drug-likeness (QED) is 0.676. The summed E-state index contributed by atoms with van der Waals surface area (Å²) in [5.41, 5.74) is 3.75. The van der Waals surface area contributed by atoms with Crippen LogP contribution in [0.2, 0.25) is 0 Å². The van der Waals surface area contributed by atoms with Crippen LogP contribution in [-0.4, -0.2) is 9.78 Å². The van der Waals surface area contributed by atoms with Crippen LogP contribution in [0.25, 0.3) is 5.69 Å². The average Bonchev–Trinajstić information content (AvgIpc) is 2.89. The van der Waals surface area contributed by atoms with E-state index in [1.807, 2.05) is 62.4 Å². The number of rotatable bonds is 3. The van der Waals surface area contributed by atoms with Gasteiger partial charge in [0.15, 0.2) is 0 Å². The van der Waals surface area contributed by atoms with Crippen molar-refractivity contribution >= 4 is 22.2 Å². The second-order valence-corrected chi connectivity index (χ2v) is 5.85. The van der Waals surface area contributed by atoms with Crippen molar-refractivity contribution in [1.82, 2.24) is 9.78 Å². The first-order valence-corrected chi connectivity index (χ1v) is 7.59. The van der Waals surface area contributed by atoms with E-state index in [2.05, 4.69) is 15.3 Å². The molecule has 0 atom stereocenters. The standard InChI is InChI=1S/C16H14N4OS/c1-11-3-7-13(8-4-11)17-18-15-19-20(16(21)22-15)14-9-5-12(2)6-10-14/h3-10H,1-2H3. The van der Waals surface area contributed by atoms with Gasteiger partial charge in [0.25, 0.3) is 5.13 Å². The summed E-state index contributed by atoms with van der Waals surface area (Å²) in [6.45, 7) is 4.00. The lowest BCUT2D eigenvalue weighted by atomic mass is 10.2. The van der Waals surface area contributed by atoms with Gasteiger partial charge in [0.1, 0.15) is 0 Å². The second kappa shape index (κ2) is 6.03. The molecule has 0 saturated carbocycles. The van der Waals surface area contributed by atoms with E-state index in [0.717, 1.165) is 33.8 Å². The number of hydrogen-bond acceptors (Lipinski definition) is 5. The third-order valence-corrected chi connectivity index (χ3v) is 3.79. The average molecular weight is 310 g/mol. The Morgan fingerprint density at radius 1 is 0.909 bits per heavy atom. The van der Waals surface area contributed by atoms with E-state index in [-0.39, 0.29) is 4.87 Å². The van der Waals surface area contributed by atoms with Gasteiger partial charge in [-0.25, -0.2) is 0 Å². The van der Waals surface area contributed by atoms with Crippen LogP contribution in [0.3, 0.4) is 0 Å². The Balaban J connectivity index is 1.87. The zero-order chi connectivity index (χ0) is 15.5. The Kier molecular flexibility index (Phi) is 3.93. The maximum Gasteiger partial charge on any atom is 0.331 e. The molecule has 3 rings (SSSR count). The molecular formula is C16H14N4OS. The highest BCUT2D eigenvalue weighted by atomic mass is 32.1. The van der Waals surface area contributed by atoms with Gasteiger partial charge >= 0.3 is 4.87 Å². The van der Waals surface area contributed by atoms with Crippen LogP contribution in [0.5, 0.6) is 0 Å². The molecule has 0 aliphatic heterocycles. The van der Waals surface area contributed by atoms with E-state index in [1.165, 1.54) is 4.68 Å². The first kappa shape index (κ1) is 14.3. The van der Waals surface area contributed by atoms with Crippen molar-refractivity contribution in [2.75, 3.05) is 0 Å². The summed E-state index contributed by atoms with van der Waals surface area (Å²) >= 11 is 0.972. The zero-order valence-corrected chi connectivity index (χ0v) is 13.0. The van der Waals surface area contributed by atoms with E-state index in [4.69, 9.17) is 0 Å². The lowest BCUT2D eigenvalue weighted by Gasteiger charge is -1.98. The first-order valence-electron chi connectivity index (χ1n) is 6.77. The fourth-order valence-corrected chi connectivity index (χ4v) is 2.46. The molecule has 1 heterocycles. The molecule has 2 aromatic carbocycles. The Labute approximate surface area is 131 Å².